The quantitative estimate of drug-likeness (QED) is 0.136. The zero-order chi connectivity index (χ0) is 27.7. The van der Waals surface area contributed by atoms with Crippen molar-refractivity contribution in [3.8, 4) is 11.5 Å². The van der Waals surface area contributed by atoms with Gasteiger partial charge >= 0.3 is 0 Å². The summed E-state index contributed by atoms with van der Waals surface area (Å²) in [5.74, 6) is 1.20. The Morgan fingerprint density at radius 2 is 1.48 bits per heavy atom. The van der Waals surface area contributed by atoms with Crippen molar-refractivity contribution in [3.63, 3.8) is 0 Å². The summed E-state index contributed by atoms with van der Waals surface area (Å²) in [6, 6.07) is 13.3. The number of carbonyl (C=O) groups excluding carboxylic acids is 1. The van der Waals surface area contributed by atoms with Crippen LogP contribution in [0.4, 0.5) is 5.69 Å². The highest BCUT2D eigenvalue weighted by Gasteiger charge is 2.12. The van der Waals surface area contributed by atoms with Gasteiger partial charge in [-0.05, 0) is 30.7 Å². The van der Waals surface area contributed by atoms with Gasteiger partial charge in [-0.2, -0.15) is 4.57 Å². The van der Waals surface area contributed by atoms with Crippen LogP contribution in [0.3, 0.4) is 0 Å². The lowest BCUT2D eigenvalue weighted by Crippen LogP contribution is -3.00. The van der Waals surface area contributed by atoms with Gasteiger partial charge in [-0.3, -0.25) is 4.79 Å². The van der Waals surface area contributed by atoms with Crippen LogP contribution in [0.5, 0.6) is 11.5 Å². The first-order chi connectivity index (χ1) is 19.1. The van der Waals surface area contributed by atoms with Gasteiger partial charge < -0.3 is 31.8 Å². The Morgan fingerprint density at radius 1 is 0.850 bits per heavy atom. The molecule has 0 saturated carbocycles. The van der Waals surface area contributed by atoms with E-state index >= 15 is 0 Å². The van der Waals surface area contributed by atoms with Crippen LogP contribution in [0.2, 0.25) is 0 Å². The average Bonchev–Trinajstić information content (AvgIpc) is 3.35. The van der Waals surface area contributed by atoms with E-state index in [-0.39, 0.29) is 22.9 Å². The predicted molar refractivity (Wildman–Crippen MR) is 162 cm³/mol. The first-order valence-electron chi connectivity index (χ1n) is 14.8. The van der Waals surface area contributed by atoms with Crippen molar-refractivity contribution in [2.75, 3.05) is 19.0 Å². The van der Waals surface area contributed by atoms with Crippen molar-refractivity contribution >= 4 is 22.9 Å². The molecule has 0 bridgehead atoms. The number of carbonyl (C=O) groups is 1. The smallest absolute Gasteiger partial charge is 0.255 e. The lowest BCUT2D eigenvalue weighted by Gasteiger charge is -2.13. The molecule has 3 aromatic rings. The highest BCUT2D eigenvalue weighted by molar-refractivity contribution is 7.09. The van der Waals surface area contributed by atoms with Gasteiger partial charge in [0.1, 0.15) is 0 Å². The van der Waals surface area contributed by atoms with E-state index in [1.807, 2.05) is 42.5 Å². The molecule has 0 fully saturated rings. The Balaban J connectivity index is 0.00000560. The number of methoxy groups -OCH3 is 1. The molecule has 0 aliphatic heterocycles. The van der Waals surface area contributed by atoms with E-state index in [1.165, 1.54) is 75.6 Å². The largest absolute Gasteiger partial charge is 1.00 e. The number of ether oxygens (including phenoxy) is 2. The van der Waals surface area contributed by atoms with Gasteiger partial charge in [0.25, 0.3) is 5.91 Å². The number of nitrogens with zero attached hydrogens (tertiary/aromatic N) is 1. The highest BCUT2D eigenvalue weighted by Crippen LogP contribution is 2.30. The number of aryl methyl sites for hydroxylation is 1. The number of hydrogen-bond donors (Lipinski definition) is 1. The summed E-state index contributed by atoms with van der Waals surface area (Å²) in [7, 11) is 1.64. The van der Waals surface area contributed by atoms with E-state index < -0.39 is 0 Å². The molecular weight excluding hydrogens is 584 g/mol. The molecule has 1 N–H and O–H groups in total. The number of halogens is 1. The number of thiazole rings is 1. The Labute approximate surface area is 256 Å². The average molecular weight is 632 g/mol. The van der Waals surface area contributed by atoms with Crippen LogP contribution in [-0.4, -0.2) is 19.6 Å². The minimum Gasteiger partial charge on any atom is -1.00 e. The van der Waals surface area contributed by atoms with Crippen LogP contribution < -0.4 is 36.3 Å². The minimum absolute atomic E-state index is 0. The fourth-order valence-electron chi connectivity index (χ4n) is 4.69. The molecule has 0 radical (unpaired) electrons. The van der Waals surface area contributed by atoms with Crippen molar-refractivity contribution in [3.05, 3.63) is 70.2 Å². The molecule has 0 aliphatic carbocycles. The number of aromatic nitrogens is 1. The van der Waals surface area contributed by atoms with Crippen LogP contribution in [0.15, 0.2) is 54.0 Å². The van der Waals surface area contributed by atoms with Gasteiger partial charge in [-0.25, -0.2) is 0 Å². The molecular formula is C33H47BrN2O3S. The van der Waals surface area contributed by atoms with E-state index in [9.17, 15) is 4.79 Å². The number of benzene rings is 2. The monoisotopic (exact) mass is 630 g/mol. The van der Waals surface area contributed by atoms with Crippen molar-refractivity contribution in [1.29, 1.82) is 0 Å². The number of amides is 1. The van der Waals surface area contributed by atoms with Gasteiger partial charge in [0.05, 0.1) is 19.1 Å². The second-order valence-corrected chi connectivity index (χ2v) is 11.4. The molecule has 0 unspecified atom stereocenters. The van der Waals surface area contributed by atoms with Crippen LogP contribution >= 0.6 is 11.3 Å². The number of unbranched alkanes of at least 4 members (excludes halogenated alkanes) is 11. The number of anilines is 1. The summed E-state index contributed by atoms with van der Waals surface area (Å²) in [6.45, 7) is 5.83. The zero-order valence-corrected chi connectivity index (χ0v) is 27.0. The molecule has 0 atom stereocenters. The van der Waals surface area contributed by atoms with Crippen LogP contribution in [0, 0.1) is 6.92 Å². The normalized spacial score (nSPS) is 10.7. The van der Waals surface area contributed by atoms with Crippen molar-refractivity contribution < 1.29 is 35.8 Å². The molecule has 0 spiro atoms. The summed E-state index contributed by atoms with van der Waals surface area (Å²) in [5.41, 5.74) is 2.48. The fraction of sp³-hybridized carbons (Fsp3) is 0.515. The molecule has 40 heavy (non-hydrogen) atoms. The SMILES string of the molecule is CCCCCCCCCCCCCCOc1cc(NC(=O)c2ccc(C[n+]3ccsc3C)cc2)ccc1OC.[Br-]. The zero-order valence-electron chi connectivity index (χ0n) is 24.6. The summed E-state index contributed by atoms with van der Waals surface area (Å²) >= 11 is 1.73. The molecule has 7 heteroatoms. The third kappa shape index (κ3) is 12.0. The Hall–Kier alpha value is -2.38. The van der Waals surface area contributed by atoms with Gasteiger partial charge in [-0.15, -0.1) is 0 Å². The minimum atomic E-state index is -0.141. The van der Waals surface area contributed by atoms with Crippen molar-refractivity contribution in [2.24, 2.45) is 0 Å². The number of rotatable bonds is 19. The Morgan fingerprint density at radius 3 is 2.05 bits per heavy atom. The maximum atomic E-state index is 12.9. The van der Waals surface area contributed by atoms with Crippen LogP contribution in [-0.2, 0) is 6.54 Å². The van der Waals surface area contributed by atoms with E-state index in [4.69, 9.17) is 9.47 Å². The summed E-state index contributed by atoms with van der Waals surface area (Å²) in [5, 5.41) is 6.34. The standard InChI is InChI=1S/C33H46N2O3S.BrH/c1-4-5-6-7-8-9-10-11-12-13-14-15-23-38-32-25-30(20-21-31(32)37-3)34-33(36)29-18-16-28(17-19-29)26-35-22-24-39-27(35)2;/h16-22,24-25H,4-15,23,26H2,1-3H3;1H. The second-order valence-electron chi connectivity index (χ2n) is 10.3. The lowest BCUT2D eigenvalue weighted by atomic mass is 10.1. The summed E-state index contributed by atoms with van der Waals surface area (Å²) in [6.07, 6.45) is 17.9. The molecule has 1 heterocycles. The molecule has 1 amide bonds. The molecule has 5 nitrogen and oxygen atoms in total. The third-order valence-corrected chi connectivity index (χ3v) is 7.96. The van der Waals surface area contributed by atoms with Crippen molar-refractivity contribution in [2.45, 2.75) is 97.4 Å². The van der Waals surface area contributed by atoms with Crippen LogP contribution in [0.25, 0.3) is 0 Å². The molecule has 220 valence electrons. The first-order valence-corrected chi connectivity index (χ1v) is 15.6. The van der Waals surface area contributed by atoms with E-state index in [2.05, 4.69) is 35.3 Å². The van der Waals surface area contributed by atoms with Crippen LogP contribution in [0.1, 0.15) is 105 Å². The number of nitrogens with one attached hydrogen (secondary N) is 1. The third-order valence-electron chi connectivity index (χ3n) is 7.13. The summed E-state index contributed by atoms with van der Waals surface area (Å²) in [4.78, 5) is 12.9. The Bertz CT molecular complexity index is 1120. The van der Waals surface area contributed by atoms with Gasteiger partial charge in [-0.1, -0.05) is 101 Å². The second kappa shape index (κ2) is 19.7. The summed E-state index contributed by atoms with van der Waals surface area (Å²) < 4.78 is 13.7. The molecule has 1 aromatic heterocycles. The Kier molecular flexibility index (Phi) is 16.6. The molecule has 3 rings (SSSR count). The molecule has 0 aliphatic rings. The van der Waals surface area contributed by atoms with E-state index in [0.29, 0.717) is 29.4 Å². The fourth-order valence-corrected chi connectivity index (χ4v) is 5.36. The highest BCUT2D eigenvalue weighted by atomic mass is 79.9. The van der Waals surface area contributed by atoms with E-state index in [0.717, 1.165) is 18.5 Å². The van der Waals surface area contributed by atoms with Gasteiger partial charge in [0.2, 0.25) is 5.01 Å². The maximum absolute atomic E-state index is 12.9. The topological polar surface area (TPSA) is 51.4 Å². The van der Waals surface area contributed by atoms with E-state index in [1.54, 1.807) is 18.4 Å². The first kappa shape index (κ1) is 33.8. The molecule has 2 aromatic carbocycles. The lowest BCUT2D eigenvalue weighted by molar-refractivity contribution is -0.689. The molecule has 0 saturated heterocycles. The predicted octanol–water partition coefficient (Wildman–Crippen LogP) is 5.74. The number of hydrogen-bond acceptors (Lipinski definition) is 4. The van der Waals surface area contributed by atoms with Crippen molar-refractivity contribution in [1.82, 2.24) is 0 Å². The van der Waals surface area contributed by atoms with Gasteiger partial charge in [0.15, 0.2) is 24.2 Å². The maximum Gasteiger partial charge on any atom is 0.255 e. The van der Waals surface area contributed by atoms with Gasteiger partial charge in [0, 0.05) is 29.8 Å².